The van der Waals surface area contributed by atoms with Crippen LogP contribution in [0.1, 0.15) is 304 Å². The number of carbonyl (C=O) groups is 4. The molecule has 474 valence electrons. The van der Waals surface area contributed by atoms with Gasteiger partial charge in [0.25, 0.3) is 0 Å². The van der Waals surface area contributed by atoms with E-state index in [9.17, 15) is 43.2 Å². The molecule has 3 N–H and O–H groups in total. The summed E-state index contributed by atoms with van der Waals surface area (Å²) in [6, 6.07) is 0. The second-order valence-corrected chi connectivity index (χ2v) is 25.2. The summed E-state index contributed by atoms with van der Waals surface area (Å²) in [5.41, 5.74) is 0. The van der Waals surface area contributed by atoms with Gasteiger partial charge in [0.2, 0.25) is 0 Å². The molecule has 0 saturated carbocycles. The number of phosphoric acid groups is 2. The van der Waals surface area contributed by atoms with Crippen molar-refractivity contribution in [3.63, 3.8) is 0 Å². The van der Waals surface area contributed by atoms with Gasteiger partial charge in [-0.3, -0.25) is 37.3 Å². The third-order valence-electron chi connectivity index (χ3n) is 14.4. The molecule has 0 amide bonds. The highest BCUT2D eigenvalue weighted by Gasteiger charge is 2.30. The molecule has 0 heterocycles. The molecule has 17 nitrogen and oxygen atoms in total. The summed E-state index contributed by atoms with van der Waals surface area (Å²) in [6.07, 6.45) is 37.7. The van der Waals surface area contributed by atoms with Crippen LogP contribution in [0.15, 0.2) is 0 Å². The highest BCUT2D eigenvalue weighted by molar-refractivity contribution is 7.47. The van der Waals surface area contributed by atoms with E-state index >= 15 is 0 Å². The Morgan fingerprint density at radius 2 is 0.600 bits per heavy atom. The van der Waals surface area contributed by atoms with Crippen LogP contribution in [-0.2, 0) is 65.4 Å². The molecule has 0 fully saturated rings. The van der Waals surface area contributed by atoms with Gasteiger partial charge >= 0.3 is 39.5 Å². The molecule has 0 aliphatic rings. The van der Waals surface area contributed by atoms with Crippen LogP contribution in [0.3, 0.4) is 0 Å². The quantitative estimate of drug-likeness (QED) is 0.0222. The van der Waals surface area contributed by atoms with Gasteiger partial charge in [0.05, 0.1) is 26.4 Å². The molecule has 0 bridgehead atoms. The van der Waals surface area contributed by atoms with Crippen LogP contribution in [0.5, 0.6) is 0 Å². The second-order valence-electron chi connectivity index (χ2n) is 22.3. The van der Waals surface area contributed by atoms with Gasteiger partial charge in [-0.1, -0.05) is 253 Å². The van der Waals surface area contributed by atoms with E-state index in [-0.39, 0.29) is 25.7 Å². The van der Waals surface area contributed by atoms with Crippen molar-refractivity contribution in [1.82, 2.24) is 0 Å². The molecule has 0 spiro atoms. The fourth-order valence-corrected chi connectivity index (χ4v) is 10.6. The highest BCUT2D eigenvalue weighted by Crippen LogP contribution is 2.45. The molecule has 6 atom stereocenters. The Bertz CT molecular complexity index is 1570. The number of unbranched alkanes of at least 4 members (excludes halogenated alkanes) is 32. The molecule has 80 heavy (non-hydrogen) atoms. The average molecular weight is 1190 g/mol. The van der Waals surface area contributed by atoms with Crippen LogP contribution in [0.25, 0.3) is 0 Å². The first-order chi connectivity index (χ1) is 38.6. The zero-order chi connectivity index (χ0) is 59.2. The Balaban J connectivity index is 5.18. The Labute approximate surface area is 486 Å². The maximum Gasteiger partial charge on any atom is 0.472 e. The van der Waals surface area contributed by atoms with E-state index in [1.807, 2.05) is 0 Å². The Morgan fingerprint density at radius 1 is 0.350 bits per heavy atom. The molecule has 0 aliphatic carbocycles. The van der Waals surface area contributed by atoms with Crippen molar-refractivity contribution >= 4 is 39.5 Å². The summed E-state index contributed by atoms with van der Waals surface area (Å²) in [5.74, 6) is -1.34. The second kappa shape index (κ2) is 55.0. The van der Waals surface area contributed by atoms with E-state index in [0.717, 1.165) is 102 Å². The number of ether oxygens (including phenoxy) is 4. The van der Waals surface area contributed by atoms with E-state index in [0.29, 0.717) is 25.7 Å². The summed E-state index contributed by atoms with van der Waals surface area (Å²) >= 11 is 0. The third-order valence-corrected chi connectivity index (χ3v) is 16.3. The van der Waals surface area contributed by atoms with E-state index in [1.54, 1.807) is 0 Å². The number of hydrogen-bond donors (Lipinski definition) is 3. The third kappa shape index (κ3) is 54.0. The van der Waals surface area contributed by atoms with Crippen LogP contribution in [-0.4, -0.2) is 96.7 Å². The van der Waals surface area contributed by atoms with Gasteiger partial charge in [0.1, 0.15) is 19.3 Å². The lowest BCUT2D eigenvalue weighted by Gasteiger charge is -2.21. The van der Waals surface area contributed by atoms with Crippen LogP contribution < -0.4 is 0 Å². The van der Waals surface area contributed by atoms with Crippen LogP contribution >= 0.6 is 15.6 Å². The summed E-state index contributed by atoms with van der Waals surface area (Å²) in [5, 5.41) is 10.5. The predicted molar refractivity (Wildman–Crippen MR) is 317 cm³/mol. The first-order valence-electron chi connectivity index (χ1n) is 32.2. The maximum absolute atomic E-state index is 12.9. The molecule has 3 unspecified atom stereocenters. The minimum Gasteiger partial charge on any atom is -0.462 e. The van der Waals surface area contributed by atoms with Crippen molar-refractivity contribution in [1.29, 1.82) is 0 Å². The maximum atomic E-state index is 12.9. The number of aliphatic hydroxyl groups excluding tert-OH is 1. The molecular weight excluding hydrogens is 1070 g/mol. The molecule has 0 aromatic rings. The SMILES string of the molecule is CCCCCCCCCCCCCC(=O)OC[C@H](COP(=O)(O)OC[C@@H](O)COP(=O)(O)OC[C@@H](COC(=O)CCCCCCC)OC(=O)CCCCCCCCCCCC)OC(=O)CCCCCCCCCCCCC(C)CC. The normalized spacial score (nSPS) is 14.7. The van der Waals surface area contributed by atoms with Gasteiger partial charge in [-0.25, -0.2) is 9.13 Å². The first-order valence-corrected chi connectivity index (χ1v) is 35.2. The smallest absolute Gasteiger partial charge is 0.462 e. The summed E-state index contributed by atoms with van der Waals surface area (Å²) in [7, 11) is -9.87. The molecule has 0 saturated heterocycles. The minimum atomic E-state index is -4.94. The van der Waals surface area contributed by atoms with Crippen molar-refractivity contribution < 1.29 is 80.2 Å². The van der Waals surface area contributed by atoms with Crippen LogP contribution in [0, 0.1) is 5.92 Å². The fourth-order valence-electron chi connectivity index (χ4n) is 9.02. The Hall–Kier alpha value is -1.94. The number of carbonyl (C=O) groups excluding carboxylic acids is 4. The van der Waals surface area contributed by atoms with Gasteiger partial charge < -0.3 is 33.8 Å². The molecule has 0 aliphatic heterocycles. The minimum absolute atomic E-state index is 0.105. The first kappa shape index (κ1) is 78.1. The van der Waals surface area contributed by atoms with Crippen molar-refractivity contribution in [2.24, 2.45) is 5.92 Å². The van der Waals surface area contributed by atoms with Crippen molar-refractivity contribution in [2.45, 2.75) is 323 Å². The van der Waals surface area contributed by atoms with Gasteiger partial charge in [0, 0.05) is 25.7 Å². The molecular formula is C61H118O17P2. The van der Waals surface area contributed by atoms with E-state index in [2.05, 4.69) is 34.6 Å². The van der Waals surface area contributed by atoms with E-state index < -0.39 is 97.5 Å². The van der Waals surface area contributed by atoms with E-state index in [1.165, 1.54) is 122 Å². The molecule has 0 aromatic heterocycles. The fraction of sp³-hybridized carbons (Fsp3) is 0.934. The predicted octanol–water partition coefficient (Wildman–Crippen LogP) is 16.6. The number of hydrogen-bond acceptors (Lipinski definition) is 15. The number of rotatable bonds is 61. The lowest BCUT2D eigenvalue weighted by Crippen LogP contribution is -2.30. The number of phosphoric ester groups is 2. The largest absolute Gasteiger partial charge is 0.472 e. The molecule has 0 radical (unpaired) electrons. The summed E-state index contributed by atoms with van der Waals surface area (Å²) < 4.78 is 67.7. The number of esters is 4. The zero-order valence-electron chi connectivity index (χ0n) is 51.2. The van der Waals surface area contributed by atoms with Gasteiger partial charge in [-0.05, 0) is 31.6 Å². The standard InChI is InChI=1S/C61H118O17P2/c1-6-10-13-16-18-20-22-27-30-35-40-45-59(64)72-51-57(78-61(66)47-42-37-32-28-24-23-25-29-34-38-43-54(5)9-4)53-76-80(69,70)74-49-55(62)48-73-79(67,68)75-52-56(50-71-58(63)44-39-33-15-12-8-3)77-60(65)46-41-36-31-26-21-19-17-14-11-7-2/h54-57,62H,6-53H2,1-5H3,(H,67,68)(H,69,70)/t54?,55-,56+,57+/m0/s1. The van der Waals surface area contributed by atoms with Crippen LogP contribution in [0.2, 0.25) is 0 Å². The van der Waals surface area contributed by atoms with Crippen LogP contribution in [0.4, 0.5) is 0 Å². The summed E-state index contributed by atoms with van der Waals surface area (Å²) in [4.78, 5) is 71.8. The monoisotopic (exact) mass is 1180 g/mol. The Kier molecular flexibility index (Phi) is 53.6. The molecule has 0 rings (SSSR count). The van der Waals surface area contributed by atoms with E-state index in [4.69, 9.17) is 37.0 Å². The van der Waals surface area contributed by atoms with Crippen molar-refractivity contribution in [3.05, 3.63) is 0 Å². The zero-order valence-corrected chi connectivity index (χ0v) is 53.0. The highest BCUT2D eigenvalue weighted by atomic mass is 31.2. The molecule has 19 heteroatoms. The Morgan fingerprint density at radius 3 is 0.887 bits per heavy atom. The summed E-state index contributed by atoms with van der Waals surface area (Å²) in [6.45, 7) is 7.10. The average Bonchev–Trinajstić information content (AvgIpc) is 3.43. The van der Waals surface area contributed by atoms with Gasteiger partial charge in [0.15, 0.2) is 12.2 Å². The van der Waals surface area contributed by atoms with Crippen molar-refractivity contribution in [3.8, 4) is 0 Å². The van der Waals surface area contributed by atoms with Gasteiger partial charge in [-0.2, -0.15) is 0 Å². The molecule has 0 aromatic carbocycles. The number of aliphatic hydroxyl groups is 1. The topological polar surface area (TPSA) is 237 Å². The lowest BCUT2D eigenvalue weighted by atomic mass is 9.99. The van der Waals surface area contributed by atoms with Gasteiger partial charge in [-0.15, -0.1) is 0 Å². The lowest BCUT2D eigenvalue weighted by molar-refractivity contribution is -0.161. The van der Waals surface area contributed by atoms with Crippen molar-refractivity contribution in [2.75, 3.05) is 39.6 Å².